The molecule has 2 rings (SSSR count). The topological polar surface area (TPSA) is 103 Å². The number of hydrogen-bond donors (Lipinski definition) is 2. The Labute approximate surface area is 288 Å². The van der Waals surface area contributed by atoms with Crippen molar-refractivity contribution in [1.29, 1.82) is 0 Å². The predicted octanol–water partition coefficient (Wildman–Crippen LogP) is 8.93. The van der Waals surface area contributed by atoms with Crippen LogP contribution in [0.3, 0.4) is 0 Å². The van der Waals surface area contributed by atoms with Crippen LogP contribution in [-0.2, 0) is 28.6 Å². The van der Waals surface area contributed by atoms with Crippen molar-refractivity contribution in [2.45, 2.75) is 207 Å². The van der Waals surface area contributed by atoms with Gasteiger partial charge < -0.3 is 24.8 Å². The lowest BCUT2D eigenvalue weighted by molar-refractivity contribution is -0.304. The fourth-order valence-corrected chi connectivity index (χ4v) is 6.97. The van der Waals surface area contributed by atoms with Gasteiger partial charge in [0.2, 0.25) is 11.8 Å². The summed E-state index contributed by atoms with van der Waals surface area (Å²) in [6.45, 7) is 12.5. The number of nitrogens with one attached hydrogen (secondary N) is 2. The first-order valence-corrected chi connectivity index (χ1v) is 19.6. The first-order chi connectivity index (χ1) is 22.5. The summed E-state index contributed by atoms with van der Waals surface area (Å²) >= 11 is 0. The molecule has 2 fully saturated rings. The van der Waals surface area contributed by atoms with Crippen molar-refractivity contribution in [1.82, 2.24) is 10.6 Å². The van der Waals surface area contributed by atoms with E-state index in [0.717, 1.165) is 51.4 Å². The second-order valence-corrected chi connectivity index (χ2v) is 15.5. The highest BCUT2D eigenvalue weighted by Crippen LogP contribution is 2.35. The van der Waals surface area contributed by atoms with E-state index in [1.165, 1.54) is 83.5 Å². The maximum Gasteiger partial charge on any atom is 0.307 e. The van der Waals surface area contributed by atoms with Crippen molar-refractivity contribution in [2.24, 2.45) is 11.3 Å². The molecule has 0 bridgehead atoms. The Morgan fingerprint density at radius 1 is 0.766 bits per heavy atom. The fraction of sp³-hybridized carbons (Fsp3) is 0.923. The lowest BCUT2D eigenvalue weighted by Crippen LogP contribution is -2.56. The Balaban J connectivity index is 1.66. The van der Waals surface area contributed by atoms with Crippen LogP contribution in [0, 0.1) is 11.3 Å². The van der Waals surface area contributed by atoms with E-state index in [1.54, 1.807) is 13.8 Å². The number of rotatable bonds is 24. The van der Waals surface area contributed by atoms with Crippen molar-refractivity contribution in [3.05, 3.63) is 0 Å². The van der Waals surface area contributed by atoms with Gasteiger partial charge >= 0.3 is 5.97 Å². The molecule has 2 amide bonds. The van der Waals surface area contributed by atoms with Gasteiger partial charge in [0.25, 0.3) is 0 Å². The number of carbonyl (C=O) groups excluding carboxylic acids is 3. The number of amides is 2. The van der Waals surface area contributed by atoms with E-state index in [-0.39, 0.29) is 48.8 Å². The summed E-state index contributed by atoms with van der Waals surface area (Å²) in [5, 5.41) is 6.13. The van der Waals surface area contributed by atoms with Crippen LogP contribution < -0.4 is 10.6 Å². The zero-order valence-electron chi connectivity index (χ0n) is 31.2. The van der Waals surface area contributed by atoms with Crippen molar-refractivity contribution in [3.63, 3.8) is 0 Å². The second-order valence-electron chi connectivity index (χ2n) is 15.5. The smallest absolute Gasteiger partial charge is 0.307 e. The van der Waals surface area contributed by atoms with Crippen molar-refractivity contribution < 1.29 is 28.6 Å². The van der Waals surface area contributed by atoms with E-state index in [4.69, 9.17) is 14.2 Å². The van der Waals surface area contributed by atoms with Crippen LogP contribution in [0.4, 0.5) is 0 Å². The number of esters is 1. The van der Waals surface area contributed by atoms with Crippen molar-refractivity contribution in [2.75, 3.05) is 13.2 Å². The predicted molar refractivity (Wildman–Crippen MR) is 190 cm³/mol. The summed E-state index contributed by atoms with van der Waals surface area (Å²) in [7, 11) is 0. The van der Waals surface area contributed by atoms with Gasteiger partial charge in [0.1, 0.15) is 12.2 Å². The number of carbonyl (C=O) groups is 3. The molecular weight excluding hydrogens is 592 g/mol. The fourth-order valence-electron chi connectivity index (χ4n) is 6.97. The molecule has 0 aromatic heterocycles. The molecule has 274 valence electrons. The van der Waals surface area contributed by atoms with Crippen LogP contribution in [0.25, 0.3) is 0 Å². The van der Waals surface area contributed by atoms with Gasteiger partial charge in [-0.25, -0.2) is 0 Å². The van der Waals surface area contributed by atoms with Crippen LogP contribution in [0.5, 0.6) is 0 Å². The van der Waals surface area contributed by atoms with Gasteiger partial charge in [0, 0.05) is 17.9 Å². The minimum absolute atomic E-state index is 0.0208. The molecule has 4 atom stereocenters. The lowest BCUT2D eigenvalue weighted by Gasteiger charge is -2.44. The zero-order chi connectivity index (χ0) is 34.5. The monoisotopic (exact) mass is 665 g/mol. The Bertz CT molecular complexity index is 891. The molecule has 2 N–H and O–H groups in total. The number of hydrogen-bond acceptors (Lipinski definition) is 6. The highest BCUT2D eigenvalue weighted by Gasteiger charge is 2.45. The summed E-state index contributed by atoms with van der Waals surface area (Å²) in [5.41, 5.74) is -0.476. The molecule has 2 aliphatic rings. The van der Waals surface area contributed by atoms with E-state index in [1.807, 2.05) is 13.8 Å². The molecule has 1 aliphatic carbocycles. The van der Waals surface area contributed by atoms with Crippen LogP contribution in [-0.4, -0.2) is 55.0 Å². The highest BCUT2D eigenvalue weighted by molar-refractivity contribution is 5.82. The first kappa shape index (κ1) is 41.5. The summed E-state index contributed by atoms with van der Waals surface area (Å²) in [4.78, 5) is 39.1. The van der Waals surface area contributed by atoms with Gasteiger partial charge in [0.15, 0.2) is 5.79 Å². The number of ether oxygens (including phenoxy) is 3. The average molecular weight is 665 g/mol. The highest BCUT2D eigenvalue weighted by atomic mass is 16.7. The summed E-state index contributed by atoms with van der Waals surface area (Å²) < 4.78 is 17.5. The zero-order valence-corrected chi connectivity index (χ0v) is 31.2. The second kappa shape index (κ2) is 22.9. The third-order valence-corrected chi connectivity index (χ3v) is 10.00. The quantitative estimate of drug-likeness (QED) is 0.0789. The van der Waals surface area contributed by atoms with Gasteiger partial charge in [0.05, 0.1) is 19.1 Å². The van der Waals surface area contributed by atoms with E-state index in [9.17, 15) is 14.4 Å². The SMILES string of the molecule is CCCCCCCCCCCCCCCCC(CCC)C(=O)NC1CCCCC1OC(=O)CCNC(=O)C1OC(C)(C)OCC1(C)C. The maximum atomic E-state index is 13.4. The summed E-state index contributed by atoms with van der Waals surface area (Å²) in [6, 6.07) is -0.149. The van der Waals surface area contributed by atoms with E-state index in [2.05, 4.69) is 24.5 Å². The van der Waals surface area contributed by atoms with Gasteiger partial charge in [-0.3, -0.25) is 14.4 Å². The Morgan fingerprint density at radius 3 is 1.94 bits per heavy atom. The Hall–Kier alpha value is -1.67. The maximum absolute atomic E-state index is 13.4. The molecular formula is C39H72N2O6. The van der Waals surface area contributed by atoms with Crippen molar-refractivity contribution in [3.8, 4) is 0 Å². The van der Waals surface area contributed by atoms with Gasteiger partial charge in [-0.15, -0.1) is 0 Å². The molecule has 0 radical (unpaired) electrons. The van der Waals surface area contributed by atoms with Crippen molar-refractivity contribution >= 4 is 17.8 Å². The minimum Gasteiger partial charge on any atom is -0.460 e. The molecule has 47 heavy (non-hydrogen) atoms. The molecule has 8 heteroatoms. The Morgan fingerprint density at radius 2 is 1.34 bits per heavy atom. The summed E-state index contributed by atoms with van der Waals surface area (Å²) in [5.74, 6) is -1.30. The Kier molecular flexibility index (Phi) is 20.2. The molecule has 0 spiro atoms. The molecule has 1 saturated carbocycles. The first-order valence-electron chi connectivity index (χ1n) is 19.6. The van der Waals surface area contributed by atoms with E-state index >= 15 is 0 Å². The number of unbranched alkanes of at least 4 members (excludes halogenated alkanes) is 13. The minimum atomic E-state index is -0.834. The van der Waals surface area contributed by atoms with E-state index in [0.29, 0.717) is 6.61 Å². The standard InChI is InChI=1S/C39H72N2O6/c1-7-9-10-11-12-13-14-15-16-17-18-19-20-21-25-31(24-8-2)36(43)41-32-26-22-23-27-33(32)46-34(42)28-29-40-37(44)35-38(3,4)30-45-39(5,6)47-35/h31-33,35H,7-30H2,1-6H3,(H,40,44)(H,41,43). The third-order valence-electron chi connectivity index (χ3n) is 10.00. The van der Waals surface area contributed by atoms with Crippen LogP contribution >= 0.6 is 0 Å². The molecule has 8 nitrogen and oxygen atoms in total. The average Bonchev–Trinajstić information content (AvgIpc) is 3.02. The lowest BCUT2D eigenvalue weighted by atomic mass is 9.85. The normalized spacial score (nSPS) is 22.7. The van der Waals surface area contributed by atoms with Crippen LogP contribution in [0.1, 0.15) is 183 Å². The molecule has 0 aromatic rings. The summed E-state index contributed by atoms with van der Waals surface area (Å²) in [6.07, 6.45) is 24.1. The van der Waals surface area contributed by atoms with Gasteiger partial charge in [-0.2, -0.15) is 0 Å². The van der Waals surface area contributed by atoms with Crippen LogP contribution in [0.2, 0.25) is 0 Å². The molecule has 4 unspecified atom stereocenters. The van der Waals surface area contributed by atoms with Gasteiger partial charge in [-0.1, -0.05) is 130 Å². The van der Waals surface area contributed by atoms with Gasteiger partial charge in [-0.05, 0) is 46.0 Å². The third kappa shape index (κ3) is 17.0. The molecule has 1 aliphatic heterocycles. The molecule has 1 heterocycles. The van der Waals surface area contributed by atoms with E-state index < -0.39 is 17.3 Å². The molecule has 0 aromatic carbocycles. The molecule has 1 saturated heterocycles. The largest absolute Gasteiger partial charge is 0.460 e. The van der Waals surface area contributed by atoms with Crippen LogP contribution in [0.15, 0.2) is 0 Å².